The molecule has 3 heteroatoms. The Morgan fingerprint density at radius 2 is 2.05 bits per heavy atom. The van der Waals surface area contributed by atoms with Gasteiger partial charge in [0, 0.05) is 0 Å². The van der Waals surface area contributed by atoms with Gasteiger partial charge in [-0.1, -0.05) is 49.6 Å². The fourth-order valence-electron chi connectivity index (χ4n) is 3.04. The summed E-state index contributed by atoms with van der Waals surface area (Å²) in [5, 5.41) is 6.41. The molecule has 1 atom stereocenters. The van der Waals surface area contributed by atoms with Crippen LogP contribution in [-0.4, -0.2) is 25.0 Å². The van der Waals surface area contributed by atoms with Crippen LogP contribution >= 0.6 is 0 Å². The van der Waals surface area contributed by atoms with Gasteiger partial charge in [0.2, 0.25) is 5.91 Å². The zero-order valence-electron chi connectivity index (χ0n) is 12.7. The van der Waals surface area contributed by atoms with E-state index in [0.717, 1.165) is 44.3 Å². The summed E-state index contributed by atoms with van der Waals surface area (Å²) in [6.45, 7) is 3.79. The molecule has 0 aromatic heterocycles. The number of rotatable bonds is 5. The van der Waals surface area contributed by atoms with Gasteiger partial charge in [-0.05, 0) is 37.9 Å². The molecule has 1 aromatic rings. The molecule has 1 aliphatic heterocycles. The number of hydrogen-bond acceptors (Lipinski definition) is 2. The molecular formula is C18H24N2O. The van der Waals surface area contributed by atoms with Gasteiger partial charge in [-0.15, -0.1) is 6.42 Å². The van der Waals surface area contributed by atoms with E-state index in [9.17, 15) is 4.79 Å². The van der Waals surface area contributed by atoms with E-state index in [2.05, 4.69) is 35.6 Å². The van der Waals surface area contributed by atoms with Gasteiger partial charge in [0.1, 0.15) is 0 Å². The minimum Gasteiger partial charge on any atom is -0.342 e. The summed E-state index contributed by atoms with van der Waals surface area (Å²) in [6, 6.07) is 9.91. The highest BCUT2D eigenvalue weighted by molar-refractivity contribution is 5.89. The van der Waals surface area contributed by atoms with E-state index in [1.54, 1.807) is 0 Å². The molecule has 0 aliphatic carbocycles. The highest BCUT2D eigenvalue weighted by Crippen LogP contribution is 2.33. The third-order valence-electron chi connectivity index (χ3n) is 4.30. The first kappa shape index (κ1) is 15.6. The van der Waals surface area contributed by atoms with Crippen LogP contribution < -0.4 is 10.6 Å². The van der Waals surface area contributed by atoms with Crippen LogP contribution in [0.2, 0.25) is 0 Å². The molecule has 0 bridgehead atoms. The van der Waals surface area contributed by atoms with Gasteiger partial charge in [0.05, 0.1) is 11.5 Å². The number of hydrogen-bond donors (Lipinski definition) is 2. The fraction of sp³-hybridized carbons (Fsp3) is 0.500. The maximum absolute atomic E-state index is 12.9. The fourth-order valence-corrected chi connectivity index (χ4v) is 3.04. The molecule has 1 fully saturated rings. The van der Waals surface area contributed by atoms with Crippen LogP contribution in [0.5, 0.6) is 0 Å². The van der Waals surface area contributed by atoms with Crippen molar-refractivity contribution in [2.24, 2.45) is 0 Å². The molecule has 21 heavy (non-hydrogen) atoms. The van der Waals surface area contributed by atoms with E-state index < -0.39 is 5.41 Å². The van der Waals surface area contributed by atoms with E-state index in [-0.39, 0.29) is 11.9 Å². The first-order chi connectivity index (χ1) is 10.2. The van der Waals surface area contributed by atoms with Crippen molar-refractivity contribution in [3.05, 3.63) is 35.9 Å². The summed E-state index contributed by atoms with van der Waals surface area (Å²) in [5.74, 6) is 2.77. The van der Waals surface area contributed by atoms with Crippen LogP contribution in [0.25, 0.3) is 0 Å². The Hall–Kier alpha value is -1.79. The van der Waals surface area contributed by atoms with E-state index >= 15 is 0 Å². The molecule has 1 heterocycles. The molecule has 112 valence electrons. The Morgan fingerprint density at radius 3 is 2.62 bits per heavy atom. The van der Waals surface area contributed by atoms with Crippen LogP contribution in [0, 0.1) is 12.3 Å². The molecule has 1 unspecified atom stereocenters. The van der Waals surface area contributed by atoms with Crippen LogP contribution in [0.3, 0.4) is 0 Å². The van der Waals surface area contributed by atoms with Crippen LogP contribution in [0.1, 0.15) is 38.2 Å². The second-order valence-electron chi connectivity index (χ2n) is 5.68. The molecule has 1 aliphatic rings. The van der Waals surface area contributed by atoms with Crippen LogP contribution in [0.4, 0.5) is 0 Å². The van der Waals surface area contributed by atoms with Crippen molar-refractivity contribution in [1.82, 2.24) is 10.6 Å². The number of terminal acetylenes is 1. The Kier molecular flexibility index (Phi) is 5.41. The van der Waals surface area contributed by atoms with Gasteiger partial charge < -0.3 is 10.6 Å². The number of benzene rings is 1. The van der Waals surface area contributed by atoms with Crippen LogP contribution in [0.15, 0.2) is 30.3 Å². The SMILES string of the molecule is C#CC(CCC)NC(=O)C1(c2ccccc2)CCNCC1. The maximum atomic E-state index is 12.9. The van der Waals surface area contributed by atoms with Gasteiger partial charge in [-0.3, -0.25) is 4.79 Å². The van der Waals surface area contributed by atoms with Gasteiger partial charge in [0.25, 0.3) is 0 Å². The standard InChI is InChI=1S/C18H24N2O/c1-3-8-16(4-2)20-17(21)18(11-13-19-14-12-18)15-9-6-5-7-10-15/h2,5-7,9-10,16,19H,3,8,11-14H2,1H3,(H,20,21). The third kappa shape index (κ3) is 3.46. The Labute approximate surface area is 127 Å². The van der Waals surface area contributed by atoms with Crippen molar-refractivity contribution in [1.29, 1.82) is 0 Å². The van der Waals surface area contributed by atoms with E-state index in [1.807, 2.05) is 18.2 Å². The van der Waals surface area contributed by atoms with Gasteiger partial charge >= 0.3 is 0 Å². The molecule has 0 spiro atoms. The van der Waals surface area contributed by atoms with Crippen LogP contribution in [-0.2, 0) is 10.2 Å². The second-order valence-corrected chi connectivity index (χ2v) is 5.68. The zero-order valence-corrected chi connectivity index (χ0v) is 12.7. The first-order valence-corrected chi connectivity index (χ1v) is 7.76. The monoisotopic (exact) mass is 284 g/mol. The lowest BCUT2D eigenvalue weighted by Crippen LogP contribution is -2.52. The average molecular weight is 284 g/mol. The number of piperidine rings is 1. The third-order valence-corrected chi connectivity index (χ3v) is 4.30. The predicted octanol–water partition coefficient (Wildman–Crippen LogP) is 2.23. The van der Waals surface area contributed by atoms with Gasteiger partial charge in [-0.2, -0.15) is 0 Å². The molecule has 1 aromatic carbocycles. The van der Waals surface area contributed by atoms with E-state index in [0.29, 0.717) is 0 Å². The zero-order chi connectivity index (χ0) is 15.1. The Morgan fingerprint density at radius 1 is 1.38 bits per heavy atom. The molecule has 2 rings (SSSR count). The number of nitrogens with one attached hydrogen (secondary N) is 2. The lowest BCUT2D eigenvalue weighted by Gasteiger charge is -2.37. The molecule has 2 N–H and O–H groups in total. The highest BCUT2D eigenvalue weighted by atomic mass is 16.2. The second kappa shape index (κ2) is 7.28. The van der Waals surface area contributed by atoms with Gasteiger partial charge in [-0.25, -0.2) is 0 Å². The number of carbonyl (C=O) groups is 1. The van der Waals surface area contributed by atoms with E-state index in [1.165, 1.54) is 0 Å². The molecular weight excluding hydrogens is 260 g/mol. The summed E-state index contributed by atoms with van der Waals surface area (Å²) >= 11 is 0. The number of amides is 1. The smallest absolute Gasteiger partial charge is 0.231 e. The minimum absolute atomic E-state index is 0.0756. The molecule has 0 saturated carbocycles. The largest absolute Gasteiger partial charge is 0.342 e. The van der Waals surface area contributed by atoms with Gasteiger partial charge in [0.15, 0.2) is 0 Å². The van der Waals surface area contributed by atoms with Crippen molar-refractivity contribution < 1.29 is 4.79 Å². The lowest BCUT2D eigenvalue weighted by molar-refractivity contribution is -0.128. The Bertz CT molecular complexity index is 498. The highest BCUT2D eigenvalue weighted by Gasteiger charge is 2.41. The summed E-state index contributed by atoms with van der Waals surface area (Å²) in [7, 11) is 0. The summed E-state index contributed by atoms with van der Waals surface area (Å²) in [6.07, 6.45) is 8.96. The minimum atomic E-state index is -0.449. The first-order valence-electron chi connectivity index (χ1n) is 7.76. The summed E-state index contributed by atoms with van der Waals surface area (Å²) < 4.78 is 0. The van der Waals surface area contributed by atoms with Crippen molar-refractivity contribution in [2.75, 3.05) is 13.1 Å². The van der Waals surface area contributed by atoms with E-state index in [4.69, 9.17) is 6.42 Å². The molecule has 1 saturated heterocycles. The molecule has 0 radical (unpaired) electrons. The van der Waals surface area contributed by atoms with Crippen molar-refractivity contribution >= 4 is 5.91 Å². The maximum Gasteiger partial charge on any atom is 0.231 e. The quantitative estimate of drug-likeness (QED) is 0.814. The topological polar surface area (TPSA) is 41.1 Å². The predicted molar refractivity (Wildman–Crippen MR) is 85.9 cm³/mol. The van der Waals surface area contributed by atoms with Crippen molar-refractivity contribution in [2.45, 2.75) is 44.1 Å². The van der Waals surface area contributed by atoms with Crippen molar-refractivity contribution in [3.63, 3.8) is 0 Å². The normalized spacial score (nSPS) is 18.5. The molecule has 3 nitrogen and oxygen atoms in total. The molecule has 1 amide bonds. The van der Waals surface area contributed by atoms with Crippen molar-refractivity contribution in [3.8, 4) is 12.3 Å². The average Bonchev–Trinajstić information content (AvgIpc) is 2.55. The summed E-state index contributed by atoms with van der Waals surface area (Å²) in [5.41, 5.74) is 0.645. The Balaban J connectivity index is 2.24. The number of carbonyl (C=O) groups excluding carboxylic acids is 1. The summed E-state index contributed by atoms with van der Waals surface area (Å²) in [4.78, 5) is 12.9. The lowest BCUT2D eigenvalue weighted by atomic mass is 9.72.